The van der Waals surface area contributed by atoms with Gasteiger partial charge in [-0.05, 0) is 25.8 Å². The van der Waals surface area contributed by atoms with Gasteiger partial charge < -0.3 is 10.6 Å². The second-order valence-corrected chi connectivity index (χ2v) is 3.39. The molecule has 0 aliphatic carbocycles. The van der Waals surface area contributed by atoms with Gasteiger partial charge in [-0.15, -0.1) is 0 Å². The Morgan fingerprint density at radius 2 is 2.18 bits per heavy atom. The molecule has 2 N–H and O–H groups in total. The molecule has 0 spiro atoms. The number of amides is 1. The molecule has 0 radical (unpaired) electrons. The molecule has 11 heavy (non-hydrogen) atoms. The number of carbonyl (C=O) groups excluding carboxylic acids is 1. The zero-order valence-electron chi connectivity index (χ0n) is 6.60. The van der Waals surface area contributed by atoms with E-state index in [1.807, 2.05) is 0 Å². The zero-order chi connectivity index (χ0) is 7.68. The van der Waals surface area contributed by atoms with E-state index < -0.39 is 0 Å². The summed E-state index contributed by atoms with van der Waals surface area (Å²) in [7, 11) is 0. The van der Waals surface area contributed by atoms with Gasteiger partial charge >= 0.3 is 0 Å². The smallest absolute Gasteiger partial charge is 0.224 e. The summed E-state index contributed by atoms with van der Waals surface area (Å²) in [4.78, 5) is 11.3. The number of hydrogen-bond donors (Lipinski definition) is 2. The van der Waals surface area contributed by atoms with Gasteiger partial charge in [-0.2, -0.15) is 0 Å². The molecule has 0 aromatic heterocycles. The third-order valence-corrected chi connectivity index (χ3v) is 2.68. The van der Waals surface area contributed by atoms with E-state index in [-0.39, 0.29) is 11.8 Å². The molecule has 3 heteroatoms. The van der Waals surface area contributed by atoms with Gasteiger partial charge in [-0.3, -0.25) is 4.79 Å². The Balaban J connectivity index is 2.05. The Hall–Kier alpha value is -0.570. The second-order valence-electron chi connectivity index (χ2n) is 3.39. The molecular formula is C8H14N2O. The molecule has 0 saturated carbocycles. The summed E-state index contributed by atoms with van der Waals surface area (Å²) in [5.41, 5.74) is 0. The third-order valence-electron chi connectivity index (χ3n) is 2.68. The van der Waals surface area contributed by atoms with Crippen LogP contribution in [0.15, 0.2) is 0 Å². The summed E-state index contributed by atoms with van der Waals surface area (Å²) in [6.07, 6.45) is 3.33. The number of fused-ring (bicyclic) bond motifs is 1. The van der Waals surface area contributed by atoms with Crippen LogP contribution in [0.2, 0.25) is 0 Å². The highest BCUT2D eigenvalue weighted by molar-refractivity contribution is 5.80. The fourth-order valence-electron chi connectivity index (χ4n) is 2.05. The fourth-order valence-corrected chi connectivity index (χ4v) is 2.05. The van der Waals surface area contributed by atoms with Crippen molar-refractivity contribution in [3.05, 3.63) is 0 Å². The lowest BCUT2D eigenvalue weighted by Gasteiger charge is -2.35. The van der Waals surface area contributed by atoms with Crippen LogP contribution in [-0.4, -0.2) is 25.0 Å². The predicted molar refractivity (Wildman–Crippen MR) is 42.1 cm³/mol. The van der Waals surface area contributed by atoms with Gasteiger partial charge in [0.05, 0.1) is 5.92 Å². The van der Waals surface area contributed by atoms with Gasteiger partial charge in [0.1, 0.15) is 0 Å². The number of nitrogens with one attached hydrogen (secondary N) is 2. The third kappa shape index (κ3) is 1.25. The largest absolute Gasteiger partial charge is 0.356 e. The first-order valence-corrected chi connectivity index (χ1v) is 4.39. The molecule has 3 nitrogen and oxygen atoms in total. The number of carbonyl (C=O) groups is 1. The first-order chi connectivity index (χ1) is 5.38. The van der Waals surface area contributed by atoms with Crippen molar-refractivity contribution < 1.29 is 4.79 Å². The minimum Gasteiger partial charge on any atom is -0.356 e. The summed E-state index contributed by atoms with van der Waals surface area (Å²) in [5, 5.41) is 6.29. The van der Waals surface area contributed by atoms with Crippen LogP contribution in [0.25, 0.3) is 0 Å². The van der Waals surface area contributed by atoms with E-state index in [1.165, 1.54) is 0 Å². The van der Waals surface area contributed by atoms with Crippen molar-refractivity contribution in [3.63, 3.8) is 0 Å². The lowest BCUT2D eigenvalue weighted by molar-refractivity contribution is -0.128. The highest BCUT2D eigenvalue weighted by Crippen LogP contribution is 2.21. The maximum Gasteiger partial charge on any atom is 0.224 e. The van der Waals surface area contributed by atoms with E-state index in [2.05, 4.69) is 10.6 Å². The first kappa shape index (κ1) is 7.10. The van der Waals surface area contributed by atoms with E-state index in [0.29, 0.717) is 6.04 Å². The Bertz CT molecular complexity index is 167. The molecule has 0 aromatic rings. The van der Waals surface area contributed by atoms with E-state index >= 15 is 0 Å². The molecule has 0 unspecified atom stereocenters. The van der Waals surface area contributed by atoms with Crippen molar-refractivity contribution in [3.8, 4) is 0 Å². The van der Waals surface area contributed by atoms with Gasteiger partial charge in [0, 0.05) is 12.6 Å². The minimum atomic E-state index is 0.258. The molecule has 2 aliphatic rings. The van der Waals surface area contributed by atoms with E-state index in [9.17, 15) is 4.79 Å². The van der Waals surface area contributed by atoms with Gasteiger partial charge in [0.2, 0.25) is 5.91 Å². The van der Waals surface area contributed by atoms with Gasteiger partial charge in [0.15, 0.2) is 0 Å². The lowest BCUT2D eigenvalue weighted by Crippen LogP contribution is -2.53. The average molecular weight is 154 g/mol. The highest BCUT2D eigenvalue weighted by Gasteiger charge is 2.33. The summed E-state index contributed by atoms with van der Waals surface area (Å²) in [5.74, 6) is 0.519. The minimum absolute atomic E-state index is 0.258. The molecule has 2 saturated heterocycles. The molecule has 2 fully saturated rings. The Labute approximate surface area is 66.5 Å². The standard InChI is InChI=1S/C8H14N2O/c11-8-6-2-1-4-9-7(6)3-5-10-8/h6-7,9H,1-5H2,(H,10,11)/t6-,7+/m1/s1. The second kappa shape index (κ2) is 2.81. The lowest BCUT2D eigenvalue weighted by atomic mass is 9.86. The van der Waals surface area contributed by atoms with Crippen LogP contribution < -0.4 is 10.6 Å². The normalized spacial score (nSPS) is 37.6. The molecule has 1 amide bonds. The van der Waals surface area contributed by atoms with Crippen molar-refractivity contribution >= 4 is 5.91 Å². The Kier molecular flexibility index (Phi) is 1.82. The van der Waals surface area contributed by atoms with E-state index in [4.69, 9.17) is 0 Å². The molecule has 2 heterocycles. The summed E-state index contributed by atoms with van der Waals surface area (Å²) in [6.45, 7) is 1.95. The Morgan fingerprint density at radius 1 is 1.27 bits per heavy atom. The van der Waals surface area contributed by atoms with E-state index in [1.54, 1.807) is 0 Å². The summed E-state index contributed by atoms with van der Waals surface area (Å²) >= 11 is 0. The zero-order valence-corrected chi connectivity index (χ0v) is 6.60. The molecule has 0 bridgehead atoms. The van der Waals surface area contributed by atoms with Crippen LogP contribution in [0.4, 0.5) is 0 Å². The van der Waals surface area contributed by atoms with Crippen molar-refractivity contribution in [1.82, 2.24) is 10.6 Å². The molecule has 62 valence electrons. The molecule has 2 aliphatic heterocycles. The van der Waals surface area contributed by atoms with Crippen molar-refractivity contribution in [2.75, 3.05) is 13.1 Å². The number of rotatable bonds is 0. The maximum absolute atomic E-state index is 11.3. The van der Waals surface area contributed by atoms with Crippen molar-refractivity contribution in [2.24, 2.45) is 5.92 Å². The summed E-state index contributed by atoms with van der Waals surface area (Å²) < 4.78 is 0. The first-order valence-electron chi connectivity index (χ1n) is 4.39. The molecule has 2 atom stereocenters. The van der Waals surface area contributed by atoms with Crippen LogP contribution in [0.5, 0.6) is 0 Å². The highest BCUT2D eigenvalue weighted by atomic mass is 16.2. The van der Waals surface area contributed by atoms with Crippen LogP contribution >= 0.6 is 0 Å². The SMILES string of the molecule is O=C1NCC[C@@H]2NCCC[C@@H]12. The van der Waals surface area contributed by atoms with Crippen LogP contribution in [0.1, 0.15) is 19.3 Å². The topological polar surface area (TPSA) is 41.1 Å². The predicted octanol–water partition coefficient (Wildman–Crippen LogP) is -0.126. The summed E-state index contributed by atoms with van der Waals surface area (Å²) in [6, 6.07) is 0.470. The fraction of sp³-hybridized carbons (Fsp3) is 0.875. The number of piperidine rings is 2. The molecule has 0 aromatic carbocycles. The van der Waals surface area contributed by atoms with Crippen molar-refractivity contribution in [2.45, 2.75) is 25.3 Å². The van der Waals surface area contributed by atoms with Gasteiger partial charge in [-0.1, -0.05) is 0 Å². The van der Waals surface area contributed by atoms with Crippen molar-refractivity contribution in [1.29, 1.82) is 0 Å². The molecule has 2 rings (SSSR count). The Morgan fingerprint density at radius 3 is 3.00 bits per heavy atom. The monoisotopic (exact) mass is 154 g/mol. The van der Waals surface area contributed by atoms with Crippen LogP contribution in [0, 0.1) is 5.92 Å². The van der Waals surface area contributed by atoms with Gasteiger partial charge in [0.25, 0.3) is 0 Å². The number of hydrogen-bond acceptors (Lipinski definition) is 2. The quantitative estimate of drug-likeness (QED) is 0.510. The van der Waals surface area contributed by atoms with E-state index in [0.717, 1.165) is 32.4 Å². The van der Waals surface area contributed by atoms with Crippen LogP contribution in [0.3, 0.4) is 0 Å². The molecular weight excluding hydrogens is 140 g/mol. The maximum atomic E-state index is 11.3. The van der Waals surface area contributed by atoms with Crippen LogP contribution in [-0.2, 0) is 4.79 Å². The van der Waals surface area contributed by atoms with Gasteiger partial charge in [-0.25, -0.2) is 0 Å². The average Bonchev–Trinajstić information content (AvgIpc) is 2.06.